The molecule has 0 radical (unpaired) electrons. The lowest BCUT2D eigenvalue weighted by atomic mass is 10.1. The molecule has 1 aliphatic rings. The third-order valence-corrected chi connectivity index (χ3v) is 4.68. The highest BCUT2D eigenvalue weighted by Crippen LogP contribution is 2.31. The molecule has 1 aromatic carbocycles. The first-order chi connectivity index (χ1) is 10.5. The smallest absolute Gasteiger partial charge is 0.228 e. The van der Waals surface area contributed by atoms with Crippen molar-refractivity contribution in [3.8, 4) is 6.07 Å². The molecule has 0 aromatic heterocycles. The van der Waals surface area contributed by atoms with Gasteiger partial charge in [-0.1, -0.05) is 12.1 Å². The number of hydrogen-bond donors (Lipinski definition) is 0. The molecular weight excluding hydrogens is 346 g/mol. The van der Waals surface area contributed by atoms with Gasteiger partial charge in [-0.3, -0.25) is 9.59 Å². The number of halogens is 1. The molecule has 2 atom stereocenters. The lowest BCUT2D eigenvalue weighted by Crippen LogP contribution is -2.40. The van der Waals surface area contributed by atoms with Gasteiger partial charge in [0, 0.05) is 30.5 Å². The van der Waals surface area contributed by atoms with Crippen molar-refractivity contribution in [2.45, 2.75) is 25.8 Å². The van der Waals surface area contributed by atoms with E-state index in [9.17, 15) is 9.59 Å². The number of carbonyl (C=O) groups excluding carboxylic acids is 2. The molecular formula is C16H18BrN3O2. The number of carbonyl (C=O) groups is 2. The number of rotatable bonds is 4. The molecule has 0 spiro atoms. The number of hydrogen-bond acceptors (Lipinski definition) is 3. The number of benzene rings is 1. The van der Waals surface area contributed by atoms with E-state index in [4.69, 9.17) is 5.26 Å². The van der Waals surface area contributed by atoms with Crippen LogP contribution in [0.3, 0.4) is 0 Å². The summed E-state index contributed by atoms with van der Waals surface area (Å²) in [5.41, 5.74) is 0.788. The van der Waals surface area contributed by atoms with E-state index in [0.717, 1.165) is 10.2 Å². The molecule has 0 saturated carbocycles. The summed E-state index contributed by atoms with van der Waals surface area (Å²) in [5, 5.41) is 8.74. The maximum Gasteiger partial charge on any atom is 0.228 e. The SMILES string of the molecule is CC(CC#N)N(C)C(=O)C1CC(=O)N(c2ccccc2Br)C1. The van der Waals surface area contributed by atoms with E-state index in [1.807, 2.05) is 31.2 Å². The molecule has 116 valence electrons. The largest absolute Gasteiger partial charge is 0.342 e. The van der Waals surface area contributed by atoms with Crippen LogP contribution in [0.2, 0.25) is 0 Å². The highest BCUT2D eigenvalue weighted by atomic mass is 79.9. The maximum absolute atomic E-state index is 12.5. The van der Waals surface area contributed by atoms with E-state index in [1.165, 1.54) is 0 Å². The summed E-state index contributed by atoms with van der Waals surface area (Å²) in [7, 11) is 1.69. The van der Waals surface area contributed by atoms with Crippen molar-refractivity contribution in [2.24, 2.45) is 5.92 Å². The van der Waals surface area contributed by atoms with Gasteiger partial charge in [-0.15, -0.1) is 0 Å². The van der Waals surface area contributed by atoms with Gasteiger partial charge in [0.1, 0.15) is 0 Å². The van der Waals surface area contributed by atoms with Crippen LogP contribution in [0.25, 0.3) is 0 Å². The van der Waals surface area contributed by atoms with Crippen molar-refractivity contribution in [1.82, 2.24) is 4.90 Å². The van der Waals surface area contributed by atoms with E-state index < -0.39 is 0 Å². The van der Waals surface area contributed by atoms with Crippen LogP contribution in [0.1, 0.15) is 19.8 Å². The first-order valence-corrected chi connectivity index (χ1v) is 7.93. The van der Waals surface area contributed by atoms with Crippen LogP contribution in [-0.4, -0.2) is 36.3 Å². The van der Waals surface area contributed by atoms with Gasteiger partial charge in [0.05, 0.1) is 24.1 Å². The first-order valence-electron chi connectivity index (χ1n) is 7.14. The van der Waals surface area contributed by atoms with Crippen LogP contribution >= 0.6 is 15.9 Å². The molecule has 5 nitrogen and oxygen atoms in total. The van der Waals surface area contributed by atoms with Crippen LogP contribution in [0.15, 0.2) is 28.7 Å². The van der Waals surface area contributed by atoms with Crippen molar-refractivity contribution < 1.29 is 9.59 Å². The quantitative estimate of drug-likeness (QED) is 0.825. The van der Waals surface area contributed by atoms with E-state index in [2.05, 4.69) is 22.0 Å². The minimum atomic E-state index is -0.356. The normalized spacial score (nSPS) is 18.9. The van der Waals surface area contributed by atoms with Crippen LogP contribution in [-0.2, 0) is 9.59 Å². The van der Waals surface area contributed by atoms with Crippen molar-refractivity contribution in [3.63, 3.8) is 0 Å². The molecule has 22 heavy (non-hydrogen) atoms. The summed E-state index contributed by atoms with van der Waals surface area (Å²) in [6.07, 6.45) is 0.501. The number of amides is 2. The highest BCUT2D eigenvalue weighted by molar-refractivity contribution is 9.10. The topological polar surface area (TPSA) is 64.4 Å². The fourth-order valence-electron chi connectivity index (χ4n) is 2.55. The zero-order valence-corrected chi connectivity index (χ0v) is 14.2. The lowest BCUT2D eigenvalue weighted by Gasteiger charge is -2.26. The van der Waals surface area contributed by atoms with Crippen LogP contribution in [0.5, 0.6) is 0 Å². The number of nitrogens with zero attached hydrogens (tertiary/aromatic N) is 3. The molecule has 0 N–H and O–H groups in total. The average molecular weight is 364 g/mol. The van der Waals surface area contributed by atoms with Crippen LogP contribution < -0.4 is 4.90 Å². The fourth-order valence-corrected chi connectivity index (χ4v) is 3.05. The molecule has 0 aliphatic carbocycles. The fraction of sp³-hybridized carbons (Fsp3) is 0.438. The summed E-state index contributed by atoms with van der Waals surface area (Å²) in [6, 6.07) is 9.40. The second-order valence-corrected chi connectivity index (χ2v) is 6.37. The Kier molecular flexibility index (Phi) is 5.19. The molecule has 1 aliphatic heterocycles. The number of para-hydroxylation sites is 1. The van der Waals surface area contributed by atoms with Gasteiger partial charge in [0.2, 0.25) is 11.8 Å². The third kappa shape index (κ3) is 3.30. The highest BCUT2D eigenvalue weighted by Gasteiger charge is 2.37. The van der Waals surface area contributed by atoms with E-state index >= 15 is 0 Å². The van der Waals surface area contributed by atoms with Gasteiger partial charge in [-0.05, 0) is 35.0 Å². The van der Waals surface area contributed by atoms with E-state index in [0.29, 0.717) is 6.54 Å². The molecule has 0 bridgehead atoms. The van der Waals surface area contributed by atoms with E-state index in [-0.39, 0.29) is 36.6 Å². The Labute approximate surface area is 138 Å². The minimum absolute atomic E-state index is 0.0495. The second kappa shape index (κ2) is 6.93. The van der Waals surface area contributed by atoms with Gasteiger partial charge in [-0.2, -0.15) is 5.26 Å². The van der Waals surface area contributed by atoms with Crippen molar-refractivity contribution in [1.29, 1.82) is 5.26 Å². The number of nitriles is 1. The van der Waals surface area contributed by atoms with Gasteiger partial charge in [-0.25, -0.2) is 0 Å². The Morgan fingerprint density at radius 1 is 1.55 bits per heavy atom. The Balaban J connectivity index is 2.11. The van der Waals surface area contributed by atoms with E-state index in [1.54, 1.807) is 16.8 Å². The Morgan fingerprint density at radius 3 is 2.86 bits per heavy atom. The van der Waals surface area contributed by atoms with Crippen LogP contribution in [0, 0.1) is 17.2 Å². The Morgan fingerprint density at radius 2 is 2.23 bits per heavy atom. The molecule has 2 amide bonds. The molecule has 1 saturated heterocycles. The summed E-state index contributed by atoms with van der Waals surface area (Å²) < 4.78 is 0.836. The third-order valence-electron chi connectivity index (χ3n) is 4.01. The predicted octanol–water partition coefficient (Wildman–Crippen LogP) is 2.56. The zero-order chi connectivity index (χ0) is 16.3. The number of anilines is 1. The van der Waals surface area contributed by atoms with Gasteiger partial charge >= 0.3 is 0 Å². The Bertz CT molecular complexity index is 626. The first kappa shape index (κ1) is 16.5. The Hall–Kier alpha value is -1.87. The molecule has 2 rings (SSSR count). The molecule has 1 heterocycles. The summed E-state index contributed by atoms with van der Waals surface area (Å²) in [6.45, 7) is 2.22. The van der Waals surface area contributed by atoms with Gasteiger partial charge in [0.25, 0.3) is 0 Å². The van der Waals surface area contributed by atoms with Crippen molar-refractivity contribution >= 4 is 33.4 Å². The van der Waals surface area contributed by atoms with Gasteiger partial charge in [0.15, 0.2) is 0 Å². The molecule has 1 fully saturated rings. The molecule has 1 aromatic rings. The molecule has 2 unspecified atom stereocenters. The molecule has 6 heteroatoms. The summed E-state index contributed by atoms with van der Waals surface area (Å²) in [5.74, 6) is -0.483. The monoisotopic (exact) mass is 363 g/mol. The average Bonchev–Trinajstić information content (AvgIpc) is 2.88. The van der Waals surface area contributed by atoms with Crippen molar-refractivity contribution in [3.05, 3.63) is 28.7 Å². The summed E-state index contributed by atoms with van der Waals surface area (Å²) >= 11 is 3.44. The second-order valence-electron chi connectivity index (χ2n) is 5.52. The lowest BCUT2D eigenvalue weighted by molar-refractivity contribution is -0.136. The van der Waals surface area contributed by atoms with Gasteiger partial charge < -0.3 is 9.80 Å². The minimum Gasteiger partial charge on any atom is -0.342 e. The maximum atomic E-state index is 12.5. The summed E-state index contributed by atoms with van der Waals surface area (Å²) in [4.78, 5) is 28.0. The predicted molar refractivity (Wildman–Crippen MR) is 87.1 cm³/mol. The van der Waals surface area contributed by atoms with Crippen molar-refractivity contribution in [2.75, 3.05) is 18.5 Å². The zero-order valence-electron chi connectivity index (χ0n) is 12.6. The standard InChI is InChI=1S/C16H18BrN3O2/c1-11(7-8-18)19(2)16(22)12-9-15(21)20(10-12)14-6-4-3-5-13(14)17/h3-6,11-12H,7,9-10H2,1-2H3. The van der Waals surface area contributed by atoms with Crippen LogP contribution in [0.4, 0.5) is 5.69 Å².